The van der Waals surface area contributed by atoms with Crippen molar-refractivity contribution >= 4 is 17.4 Å². The molecule has 112 valence electrons. The molecule has 5 N–H and O–H groups in total. The van der Waals surface area contributed by atoms with Gasteiger partial charge in [-0.3, -0.25) is 5.41 Å². The summed E-state index contributed by atoms with van der Waals surface area (Å²) in [4.78, 5) is 11.8. The van der Waals surface area contributed by atoms with Crippen LogP contribution in [-0.4, -0.2) is 16.8 Å². The van der Waals surface area contributed by atoms with Crippen LogP contribution in [0.2, 0.25) is 0 Å². The number of nitrogens with two attached hydrogens (primary N) is 1. The molecule has 0 saturated carbocycles. The summed E-state index contributed by atoms with van der Waals surface area (Å²) >= 11 is 0. The number of anilines is 1. The second kappa shape index (κ2) is 7.64. The number of para-hydroxylation sites is 1. The van der Waals surface area contributed by atoms with Gasteiger partial charge in [0, 0.05) is 18.0 Å². The van der Waals surface area contributed by atoms with E-state index >= 15 is 0 Å². The molecule has 0 aliphatic rings. The van der Waals surface area contributed by atoms with Crippen molar-refractivity contribution in [3.8, 4) is 5.75 Å². The molecule has 0 saturated heterocycles. The number of aromatic hydroxyl groups is 1. The Morgan fingerprint density at radius 1 is 1.09 bits per heavy atom. The molecule has 0 radical (unpaired) electrons. The number of nitrogens with one attached hydrogen (secondary N) is 2. The monoisotopic (exact) mass is 296 g/mol. The van der Waals surface area contributed by atoms with E-state index in [0.717, 1.165) is 11.3 Å². The molecule has 2 rings (SSSR count). The summed E-state index contributed by atoms with van der Waals surface area (Å²) in [5.41, 5.74) is 1.73. The van der Waals surface area contributed by atoms with Gasteiger partial charge in [0.2, 0.25) is 0 Å². The quantitative estimate of drug-likeness (QED) is 0.487. The van der Waals surface area contributed by atoms with Gasteiger partial charge in [0.05, 0.1) is 6.42 Å². The van der Waals surface area contributed by atoms with Gasteiger partial charge in [0.25, 0.3) is 5.84 Å². The fraction of sp³-hybridized carbons (Fsp3) is 0.0588. The molecule has 0 spiro atoms. The van der Waals surface area contributed by atoms with Crippen molar-refractivity contribution in [2.75, 3.05) is 5.32 Å². The maximum atomic E-state index is 11.8. The van der Waals surface area contributed by atoms with E-state index in [1.54, 1.807) is 36.5 Å². The van der Waals surface area contributed by atoms with Crippen molar-refractivity contribution < 1.29 is 15.3 Å². The van der Waals surface area contributed by atoms with E-state index in [2.05, 4.69) is 10.6 Å². The molecule has 0 aliphatic carbocycles. The van der Waals surface area contributed by atoms with Crippen LogP contribution in [0.5, 0.6) is 5.75 Å². The van der Waals surface area contributed by atoms with Crippen LogP contribution in [0.1, 0.15) is 5.56 Å². The summed E-state index contributed by atoms with van der Waals surface area (Å²) in [6.07, 6.45) is 3.44. The number of carbonyl (C=O) groups excluding carboxylic acids is 1. The second-order valence-electron chi connectivity index (χ2n) is 4.69. The maximum absolute atomic E-state index is 11.8. The lowest BCUT2D eigenvalue weighted by molar-refractivity contribution is -0.127. The first-order chi connectivity index (χ1) is 10.6. The third kappa shape index (κ3) is 5.13. The molecular weight excluding hydrogens is 278 g/mol. The molecule has 0 atom stereocenters. The number of hydrogen-bond acceptors (Lipinski definition) is 3. The van der Waals surface area contributed by atoms with E-state index in [4.69, 9.17) is 5.41 Å². The molecule has 0 fully saturated rings. The van der Waals surface area contributed by atoms with Crippen molar-refractivity contribution in [2.24, 2.45) is 0 Å². The van der Waals surface area contributed by atoms with E-state index in [1.165, 1.54) is 0 Å². The molecule has 22 heavy (non-hydrogen) atoms. The van der Waals surface area contributed by atoms with E-state index in [1.807, 2.05) is 30.3 Å². The highest BCUT2D eigenvalue weighted by atomic mass is 16.3. The van der Waals surface area contributed by atoms with E-state index in [9.17, 15) is 9.90 Å². The zero-order valence-electron chi connectivity index (χ0n) is 12.0. The van der Waals surface area contributed by atoms with Crippen LogP contribution in [0.15, 0.2) is 66.9 Å². The maximum Gasteiger partial charge on any atom is 0.311 e. The van der Waals surface area contributed by atoms with Gasteiger partial charge in [-0.2, -0.15) is 0 Å². The Hall–Kier alpha value is -3.08. The number of phenols is 1. The fourth-order valence-electron chi connectivity index (χ4n) is 1.81. The van der Waals surface area contributed by atoms with Gasteiger partial charge in [-0.1, -0.05) is 30.3 Å². The van der Waals surface area contributed by atoms with Crippen molar-refractivity contribution in [1.82, 2.24) is 5.32 Å². The van der Waals surface area contributed by atoms with Gasteiger partial charge in [-0.05, 0) is 29.8 Å². The normalized spacial score (nSPS) is 10.4. The minimum atomic E-state index is -0.215. The molecule has 0 unspecified atom stereocenters. The van der Waals surface area contributed by atoms with Crippen LogP contribution in [0, 0.1) is 0 Å². The Labute approximate surface area is 128 Å². The fourth-order valence-corrected chi connectivity index (χ4v) is 1.81. The predicted molar refractivity (Wildman–Crippen MR) is 86.1 cm³/mol. The smallest absolute Gasteiger partial charge is 0.311 e. The Morgan fingerprint density at radius 3 is 2.45 bits per heavy atom. The molecule has 2 aromatic rings. The summed E-state index contributed by atoms with van der Waals surface area (Å²) in [5, 5.41) is 20.6. The van der Waals surface area contributed by atoms with E-state index < -0.39 is 0 Å². The van der Waals surface area contributed by atoms with Crippen LogP contribution in [0.25, 0.3) is 0 Å². The molecule has 2 aromatic carbocycles. The first-order valence-corrected chi connectivity index (χ1v) is 6.82. The average Bonchev–Trinajstić information content (AvgIpc) is 2.50. The van der Waals surface area contributed by atoms with Gasteiger partial charge in [-0.25, -0.2) is 10.1 Å². The highest BCUT2D eigenvalue weighted by Gasteiger charge is 2.10. The standard InChI is InChI=1S/C17H17N3O2/c18-16(10-11-19-14-4-2-1-3-5-14)20-17(22)12-13-6-8-15(21)9-7-13/h1-11,19,21H,12H2,(H2,18,20,22)/p+1/b11-10-. The van der Waals surface area contributed by atoms with Gasteiger partial charge in [0.15, 0.2) is 0 Å². The molecule has 0 heterocycles. The van der Waals surface area contributed by atoms with E-state index in [0.29, 0.717) is 0 Å². The number of hydrogen-bond donors (Lipinski definition) is 4. The minimum absolute atomic E-state index is 0.171. The third-order valence-corrected chi connectivity index (χ3v) is 2.87. The van der Waals surface area contributed by atoms with Crippen molar-refractivity contribution in [2.45, 2.75) is 6.42 Å². The van der Waals surface area contributed by atoms with Gasteiger partial charge in [-0.15, -0.1) is 0 Å². The Morgan fingerprint density at radius 2 is 1.77 bits per heavy atom. The number of rotatable bonds is 5. The Balaban J connectivity index is 1.78. The molecule has 0 aromatic heterocycles. The lowest BCUT2D eigenvalue weighted by atomic mass is 10.1. The third-order valence-electron chi connectivity index (χ3n) is 2.87. The molecule has 5 heteroatoms. The number of benzene rings is 2. The summed E-state index contributed by atoms with van der Waals surface area (Å²) in [6.45, 7) is 0. The highest BCUT2D eigenvalue weighted by Crippen LogP contribution is 2.09. The van der Waals surface area contributed by atoms with Crippen LogP contribution in [0.3, 0.4) is 0 Å². The van der Waals surface area contributed by atoms with Crippen LogP contribution in [0.4, 0.5) is 5.69 Å². The first kappa shape index (κ1) is 15.3. The summed E-state index contributed by atoms with van der Waals surface area (Å²) < 4.78 is 0. The highest BCUT2D eigenvalue weighted by molar-refractivity contribution is 6.01. The largest absolute Gasteiger partial charge is 0.508 e. The lowest BCUT2D eigenvalue weighted by Gasteiger charge is -2.00. The van der Waals surface area contributed by atoms with Gasteiger partial charge < -0.3 is 10.4 Å². The average molecular weight is 296 g/mol. The number of amidine groups is 1. The summed E-state index contributed by atoms with van der Waals surface area (Å²) in [5.74, 6) is 0.213. The van der Waals surface area contributed by atoms with Crippen molar-refractivity contribution in [3.63, 3.8) is 0 Å². The summed E-state index contributed by atoms with van der Waals surface area (Å²) in [7, 11) is 0. The second-order valence-corrected chi connectivity index (χ2v) is 4.69. The van der Waals surface area contributed by atoms with Crippen LogP contribution < -0.4 is 16.0 Å². The SMILES string of the molecule is [NH2+]=C(/C=C\Nc1ccccc1)NC(=O)Cc1ccc(O)cc1. The predicted octanol–water partition coefficient (Wildman–Crippen LogP) is 0.834. The molecule has 1 amide bonds. The first-order valence-electron chi connectivity index (χ1n) is 6.82. The number of carbonyl (C=O) groups is 1. The summed E-state index contributed by atoms with van der Waals surface area (Å²) in [6, 6.07) is 16.1. The van der Waals surface area contributed by atoms with E-state index in [-0.39, 0.29) is 23.9 Å². The Bertz CT molecular complexity index is 664. The number of phenolic OH excluding ortho intramolecular Hbond substituents is 1. The van der Waals surface area contributed by atoms with Gasteiger partial charge >= 0.3 is 5.91 Å². The van der Waals surface area contributed by atoms with Crippen molar-refractivity contribution in [3.05, 3.63) is 72.4 Å². The van der Waals surface area contributed by atoms with Crippen LogP contribution in [-0.2, 0) is 11.2 Å². The molecular formula is C17H18N3O2+. The zero-order valence-corrected chi connectivity index (χ0v) is 12.0. The van der Waals surface area contributed by atoms with Crippen LogP contribution >= 0.6 is 0 Å². The lowest BCUT2D eigenvalue weighted by Crippen LogP contribution is -2.50. The Kier molecular flexibility index (Phi) is 5.31. The molecule has 5 nitrogen and oxygen atoms in total. The molecule has 0 bridgehead atoms. The molecule has 0 aliphatic heterocycles. The number of amides is 1. The topological polar surface area (TPSA) is 87.0 Å². The minimum Gasteiger partial charge on any atom is -0.508 e. The zero-order chi connectivity index (χ0) is 15.8. The van der Waals surface area contributed by atoms with Crippen molar-refractivity contribution in [1.29, 1.82) is 0 Å². The van der Waals surface area contributed by atoms with Gasteiger partial charge in [0.1, 0.15) is 5.75 Å².